The average Bonchev–Trinajstić information content (AvgIpc) is 2.74. The van der Waals surface area contributed by atoms with E-state index < -0.39 is 0 Å². The maximum absolute atomic E-state index is 12.1. The van der Waals surface area contributed by atoms with Crippen LogP contribution in [0.5, 0.6) is 0 Å². The molecule has 0 bridgehead atoms. The number of quaternary nitrogens is 1. The molecule has 0 saturated carbocycles. The number of rotatable bonds is 8. The van der Waals surface area contributed by atoms with Crippen molar-refractivity contribution in [3.05, 3.63) is 70.7 Å². The van der Waals surface area contributed by atoms with Crippen LogP contribution >= 0.6 is 11.6 Å². The van der Waals surface area contributed by atoms with Crippen LogP contribution in [0.3, 0.4) is 0 Å². The Bertz CT molecular complexity index is 803. The first-order valence-corrected chi connectivity index (χ1v) is 10.5. The lowest BCUT2D eigenvalue weighted by Crippen LogP contribution is -2.54. The summed E-state index contributed by atoms with van der Waals surface area (Å²) in [5.41, 5.74) is 1.92. The van der Waals surface area contributed by atoms with Gasteiger partial charge in [0.1, 0.15) is 6.54 Å². The van der Waals surface area contributed by atoms with Crippen molar-refractivity contribution in [1.82, 2.24) is 10.2 Å². The molecule has 1 saturated heterocycles. The summed E-state index contributed by atoms with van der Waals surface area (Å²) in [6.45, 7) is 4.01. The van der Waals surface area contributed by atoms with Gasteiger partial charge in [0, 0.05) is 48.1 Å². The van der Waals surface area contributed by atoms with E-state index in [4.69, 9.17) is 11.6 Å². The third-order valence-corrected chi connectivity index (χ3v) is 6.03. The second kappa shape index (κ2) is 9.90. The SMILES string of the molecule is C[N+]1(Cc2ccc(Cl)cc2)CCC(N(C=O)CCNC(=O)c2ccccc2)CC1. The Morgan fingerprint density at radius 3 is 2.41 bits per heavy atom. The predicted octanol–water partition coefficient (Wildman–Crippen LogP) is 3.34. The van der Waals surface area contributed by atoms with Gasteiger partial charge >= 0.3 is 0 Å². The third-order valence-electron chi connectivity index (χ3n) is 5.78. The van der Waals surface area contributed by atoms with Gasteiger partial charge < -0.3 is 14.7 Å². The van der Waals surface area contributed by atoms with Crippen molar-refractivity contribution in [3.63, 3.8) is 0 Å². The monoisotopic (exact) mass is 414 g/mol. The van der Waals surface area contributed by atoms with Crippen LogP contribution < -0.4 is 5.32 Å². The van der Waals surface area contributed by atoms with Crippen molar-refractivity contribution in [3.8, 4) is 0 Å². The number of piperidine rings is 1. The number of amides is 2. The van der Waals surface area contributed by atoms with Crippen molar-refractivity contribution in [2.75, 3.05) is 33.2 Å². The second-order valence-corrected chi connectivity index (χ2v) is 8.48. The topological polar surface area (TPSA) is 49.4 Å². The fourth-order valence-corrected chi connectivity index (χ4v) is 4.14. The van der Waals surface area contributed by atoms with Gasteiger partial charge in [-0.1, -0.05) is 41.9 Å². The molecule has 0 aromatic heterocycles. The summed E-state index contributed by atoms with van der Waals surface area (Å²) in [5, 5.41) is 3.66. The van der Waals surface area contributed by atoms with Gasteiger partial charge in [-0.25, -0.2) is 0 Å². The van der Waals surface area contributed by atoms with E-state index in [9.17, 15) is 9.59 Å². The van der Waals surface area contributed by atoms with Crippen molar-refractivity contribution in [1.29, 1.82) is 0 Å². The molecule has 0 unspecified atom stereocenters. The molecule has 1 N–H and O–H groups in total. The minimum atomic E-state index is -0.104. The Morgan fingerprint density at radius 1 is 1.14 bits per heavy atom. The van der Waals surface area contributed by atoms with E-state index >= 15 is 0 Å². The van der Waals surface area contributed by atoms with Gasteiger partial charge in [0.15, 0.2) is 0 Å². The van der Waals surface area contributed by atoms with Crippen LogP contribution in [0.4, 0.5) is 0 Å². The molecule has 154 valence electrons. The molecule has 0 radical (unpaired) electrons. The zero-order chi connectivity index (χ0) is 20.7. The fraction of sp³-hybridized carbons (Fsp3) is 0.391. The molecule has 2 aromatic carbocycles. The van der Waals surface area contributed by atoms with Crippen molar-refractivity contribution in [2.24, 2.45) is 0 Å². The van der Waals surface area contributed by atoms with Crippen LogP contribution in [0.25, 0.3) is 0 Å². The van der Waals surface area contributed by atoms with E-state index in [1.54, 1.807) is 12.1 Å². The number of nitrogens with one attached hydrogen (secondary N) is 1. The van der Waals surface area contributed by atoms with Gasteiger partial charge in [-0.2, -0.15) is 0 Å². The molecule has 1 fully saturated rings. The minimum absolute atomic E-state index is 0.104. The molecule has 1 aliphatic rings. The number of nitrogens with zero attached hydrogens (tertiary/aromatic N) is 2. The van der Waals surface area contributed by atoms with E-state index in [-0.39, 0.29) is 11.9 Å². The standard InChI is InChI=1S/C23H28ClN3O2/c1-27(17-19-7-9-21(24)10-8-19)15-11-22(12-16-27)26(18-28)14-13-25-23(29)20-5-3-2-4-6-20/h2-10,18,22H,11-17H2,1H3/p+1. The molecular formula is C23H29ClN3O2+. The normalized spacial score (nSPS) is 21.4. The number of benzene rings is 2. The van der Waals surface area contributed by atoms with E-state index in [0.29, 0.717) is 18.7 Å². The molecular weight excluding hydrogens is 386 g/mol. The van der Waals surface area contributed by atoms with Crippen LogP contribution in [-0.4, -0.2) is 61.0 Å². The van der Waals surface area contributed by atoms with Gasteiger partial charge in [-0.3, -0.25) is 9.59 Å². The van der Waals surface area contributed by atoms with Gasteiger partial charge in [0.2, 0.25) is 6.41 Å². The highest BCUT2D eigenvalue weighted by Crippen LogP contribution is 2.24. The van der Waals surface area contributed by atoms with Crippen LogP contribution in [0.15, 0.2) is 54.6 Å². The van der Waals surface area contributed by atoms with Gasteiger partial charge in [0.05, 0.1) is 20.1 Å². The van der Waals surface area contributed by atoms with Gasteiger partial charge in [-0.05, 0) is 24.3 Å². The summed E-state index contributed by atoms with van der Waals surface area (Å²) in [6.07, 6.45) is 2.86. The number of carbonyl (C=O) groups excluding carboxylic acids is 2. The van der Waals surface area contributed by atoms with Crippen LogP contribution in [0.2, 0.25) is 5.02 Å². The molecule has 1 heterocycles. The number of hydrogen-bond acceptors (Lipinski definition) is 2. The lowest BCUT2D eigenvalue weighted by Gasteiger charge is -2.43. The highest BCUT2D eigenvalue weighted by molar-refractivity contribution is 6.30. The van der Waals surface area contributed by atoms with E-state index in [1.807, 2.05) is 35.2 Å². The summed E-state index contributed by atoms with van der Waals surface area (Å²) in [7, 11) is 2.27. The molecule has 0 spiro atoms. The first-order chi connectivity index (χ1) is 14.0. The smallest absolute Gasteiger partial charge is 0.251 e. The molecule has 6 heteroatoms. The average molecular weight is 415 g/mol. The van der Waals surface area contributed by atoms with Crippen LogP contribution in [-0.2, 0) is 11.3 Å². The molecule has 2 amide bonds. The van der Waals surface area contributed by atoms with E-state index in [0.717, 1.165) is 48.4 Å². The molecule has 5 nitrogen and oxygen atoms in total. The van der Waals surface area contributed by atoms with Gasteiger partial charge in [0.25, 0.3) is 5.91 Å². The highest BCUT2D eigenvalue weighted by Gasteiger charge is 2.32. The van der Waals surface area contributed by atoms with E-state index in [1.165, 1.54) is 5.56 Å². The molecule has 1 aliphatic heterocycles. The molecule has 3 rings (SSSR count). The summed E-state index contributed by atoms with van der Waals surface area (Å²) >= 11 is 5.99. The Morgan fingerprint density at radius 2 is 1.79 bits per heavy atom. The predicted molar refractivity (Wildman–Crippen MR) is 116 cm³/mol. The Balaban J connectivity index is 1.46. The quantitative estimate of drug-likeness (QED) is 0.532. The first kappa shape index (κ1) is 21.3. The third kappa shape index (κ3) is 6.05. The number of hydrogen-bond donors (Lipinski definition) is 1. The lowest BCUT2D eigenvalue weighted by atomic mass is 10.0. The van der Waals surface area contributed by atoms with Crippen molar-refractivity contribution in [2.45, 2.75) is 25.4 Å². The maximum Gasteiger partial charge on any atom is 0.251 e. The van der Waals surface area contributed by atoms with Crippen LogP contribution in [0.1, 0.15) is 28.8 Å². The lowest BCUT2D eigenvalue weighted by molar-refractivity contribution is -0.927. The van der Waals surface area contributed by atoms with Crippen LogP contribution in [0, 0.1) is 0 Å². The number of likely N-dealkylation sites (tertiary alicyclic amines) is 1. The first-order valence-electron chi connectivity index (χ1n) is 10.1. The Hall–Kier alpha value is -2.37. The summed E-state index contributed by atoms with van der Waals surface area (Å²) < 4.78 is 0.968. The molecule has 0 atom stereocenters. The molecule has 2 aromatic rings. The summed E-state index contributed by atoms with van der Waals surface area (Å²) in [5.74, 6) is -0.104. The van der Waals surface area contributed by atoms with E-state index in [2.05, 4.69) is 24.5 Å². The van der Waals surface area contributed by atoms with Crippen molar-refractivity contribution >= 4 is 23.9 Å². The number of halogens is 1. The highest BCUT2D eigenvalue weighted by atomic mass is 35.5. The number of carbonyl (C=O) groups is 2. The molecule has 0 aliphatic carbocycles. The van der Waals surface area contributed by atoms with Crippen molar-refractivity contribution < 1.29 is 14.1 Å². The maximum atomic E-state index is 12.1. The molecule has 29 heavy (non-hydrogen) atoms. The minimum Gasteiger partial charge on any atom is -0.350 e. The largest absolute Gasteiger partial charge is 0.350 e. The van der Waals surface area contributed by atoms with Gasteiger partial charge in [-0.15, -0.1) is 0 Å². The Labute approximate surface area is 177 Å². The zero-order valence-electron chi connectivity index (χ0n) is 16.9. The summed E-state index contributed by atoms with van der Waals surface area (Å²) in [4.78, 5) is 25.6. The zero-order valence-corrected chi connectivity index (χ0v) is 17.6. The fourth-order valence-electron chi connectivity index (χ4n) is 4.01. The Kier molecular flexibility index (Phi) is 7.29. The summed E-state index contributed by atoms with van der Waals surface area (Å²) in [6, 6.07) is 17.4. The second-order valence-electron chi connectivity index (χ2n) is 8.05.